The number of urea groups is 1. The van der Waals surface area contributed by atoms with E-state index in [-0.39, 0.29) is 11.9 Å². The number of rotatable bonds is 7. The molecule has 3 rings (SSSR count). The van der Waals surface area contributed by atoms with Gasteiger partial charge in [0.25, 0.3) is 5.91 Å². The Kier molecular flexibility index (Phi) is 8.39. The largest absolute Gasteiger partial charge is 0.444 e. The van der Waals surface area contributed by atoms with Gasteiger partial charge in [-0.2, -0.15) is 0 Å². The standard InChI is InChI=1S/C26H29N5O4/c1-26(2,3)35-25(34)31-22-9-5-4-8-21(22)30-23(32)20-12-10-18(11-13-20)16-28-24(33)29-17-19-7-6-14-27-15-19/h4-15H,16-17H2,1-3H3,(H,30,32)(H,31,34)(H2,28,29,33). The van der Waals surface area contributed by atoms with Crippen LogP contribution >= 0.6 is 0 Å². The second-order valence-electron chi connectivity index (χ2n) is 8.72. The van der Waals surface area contributed by atoms with Crippen LogP contribution in [-0.4, -0.2) is 28.6 Å². The first-order chi connectivity index (χ1) is 16.7. The SMILES string of the molecule is CC(C)(C)OC(=O)Nc1ccccc1NC(=O)c1ccc(CNC(=O)NCc2cccnc2)cc1. The van der Waals surface area contributed by atoms with Crippen molar-refractivity contribution in [1.29, 1.82) is 0 Å². The molecule has 0 bridgehead atoms. The molecule has 0 atom stereocenters. The van der Waals surface area contributed by atoms with E-state index in [1.54, 1.807) is 81.7 Å². The van der Waals surface area contributed by atoms with Crippen LogP contribution in [0, 0.1) is 0 Å². The van der Waals surface area contributed by atoms with Gasteiger partial charge < -0.3 is 20.7 Å². The Morgan fingerprint density at radius 2 is 1.43 bits per heavy atom. The van der Waals surface area contributed by atoms with Crippen LogP contribution in [0.15, 0.2) is 73.1 Å². The molecule has 3 aromatic rings. The molecule has 4 N–H and O–H groups in total. The van der Waals surface area contributed by atoms with E-state index in [1.807, 2.05) is 12.1 Å². The van der Waals surface area contributed by atoms with Crippen molar-refractivity contribution in [2.45, 2.75) is 39.5 Å². The summed E-state index contributed by atoms with van der Waals surface area (Å²) in [5.74, 6) is -0.336. The summed E-state index contributed by atoms with van der Waals surface area (Å²) < 4.78 is 5.28. The number of hydrogen-bond donors (Lipinski definition) is 4. The maximum absolute atomic E-state index is 12.7. The molecule has 9 nitrogen and oxygen atoms in total. The van der Waals surface area contributed by atoms with E-state index in [2.05, 4.69) is 26.3 Å². The Balaban J connectivity index is 1.52. The zero-order chi connectivity index (χ0) is 25.3. The fraction of sp³-hybridized carbons (Fsp3) is 0.231. The van der Waals surface area contributed by atoms with E-state index in [0.717, 1.165) is 11.1 Å². The molecule has 0 aliphatic carbocycles. The lowest BCUT2D eigenvalue weighted by atomic mass is 10.1. The average molecular weight is 476 g/mol. The van der Waals surface area contributed by atoms with E-state index >= 15 is 0 Å². The number of carbonyl (C=O) groups excluding carboxylic acids is 3. The van der Waals surface area contributed by atoms with Gasteiger partial charge >= 0.3 is 12.1 Å². The van der Waals surface area contributed by atoms with Crippen LogP contribution in [-0.2, 0) is 17.8 Å². The van der Waals surface area contributed by atoms with E-state index < -0.39 is 11.7 Å². The molecule has 0 radical (unpaired) electrons. The first-order valence-corrected chi connectivity index (χ1v) is 11.1. The molecular weight excluding hydrogens is 446 g/mol. The van der Waals surface area contributed by atoms with Gasteiger partial charge in [0.15, 0.2) is 0 Å². The Morgan fingerprint density at radius 1 is 0.800 bits per heavy atom. The summed E-state index contributed by atoms with van der Waals surface area (Å²) in [7, 11) is 0. The molecule has 0 aliphatic rings. The molecule has 0 spiro atoms. The van der Waals surface area contributed by atoms with Gasteiger partial charge in [-0.3, -0.25) is 15.1 Å². The van der Waals surface area contributed by atoms with Gasteiger partial charge in [-0.05, 0) is 62.2 Å². The first kappa shape index (κ1) is 25.2. The van der Waals surface area contributed by atoms with Crippen LogP contribution in [0.1, 0.15) is 42.3 Å². The quantitative estimate of drug-likeness (QED) is 0.395. The minimum atomic E-state index is -0.640. The molecule has 182 valence electrons. The predicted octanol–water partition coefficient (Wildman–Crippen LogP) is 4.68. The number of ether oxygens (including phenoxy) is 1. The van der Waals surface area contributed by atoms with Gasteiger partial charge in [-0.25, -0.2) is 9.59 Å². The molecule has 4 amide bonds. The number of nitrogens with zero attached hydrogens (tertiary/aromatic N) is 1. The Morgan fingerprint density at radius 3 is 2.03 bits per heavy atom. The van der Waals surface area contributed by atoms with Crippen LogP contribution in [0.4, 0.5) is 21.0 Å². The van der Waals surface area contributed by atoms with Crippen molar-refractivity contribution in [2.24, 2.45) is 0 Å². The Bertz CT molecular complexity index is 1160. The lowest BCUT2D eigenvalue weighted by Crippen LogP contribution is -2.34. The zero-order valence-corrected chi connectivity index (χ0v) is 19.9. The zero-order valence-electron chi connectivity index (χ0n) is 19.9. The molecule has 0 saturated carbocycles. The van der Waals surface area contributed by atoms with Crippen molar-refractivity contribution in [3.05, 3.63) is 89.7 Å². The summed E-state index contributed by atoms with van der Waals surface area (Å²) >= 11 is 0. The molecule has 0 saturated heterocycles. The highest BCUT2D eigenvalue weighted by atomic mass is 16.6. The Hall–Kier alpha value is -4.40. The number of para-hydroxylation sites is 2. The summed E-state index contributed by atoms with van der Waals surface area (Å²) in [6.45, 7) is 6.00. The highest BCUT2D eigenvalue weighted by molar-refractivity contribution is 6.06. The third kappa shape index (κ3) is 8.47. The first-order valence-electron chi connectivity index (χ1n) is 11.1. The van der Waals surface area contributed by atoms with Crippen LogP contribution in [0.3, 0.4) is 0 Å². The third-order valence-electron chi connectivity index (χ3n) is 4.66. The topological polar surface area (TPSA) is 121 Å². The molecule has 2 aromatic carbocycles. The number of benzene rings is 2. The van der Waals surface area contributed by atoms with E-state index in [9.17, 15) is 14.4 Å². The maximum atomic E-state index is 12.7. The van der Waals surface area contributed by atoms with Gasteiger partial charge in [0.1, 0.15) is 5.60 Å². The fourth-order valence-electron chi connectivity index (χ4n) is 3.01. The highest BCUT2D eigenvalue weighted by Gasteiger charge is 2.18. The summed E-state index contributed by atoms with van der Waals surface area (Å²) in [6.07, 6.45) is 2.75. The van der Waals surface area contributed by atoms with E-state index in [4.69, 9.17) is 4.74 Å². The number of nitrogens with one attached hydrogen (secondary N) is 4. The minimum absolute atomic E-state index is 0.301. The monoisotopic (exact) mass is 475 g/mol. The van der Waals surface area contributed by atoms with Gasteiger partial charge in [0.05, 0.1) is 11.4 Å². The van der Waals surface area contributed by atoms with Crippen molar-refractivity contribution in [3.63, 3.8) is 0 Å². The van der Waals surface area contributed by atoms with Gasteiger partial charge in [0, 0.05) is 31.0 Å². The third-order valence-corrected chi connectivity index (χ3v) is 4.66. The van der Waals surface area contributed by atoms with Crippen LogP contribution in [0.25, 0.3) is 0 Å². The van der Waals surface area contributed by atoms with Crippen LogP contribution in [0.5, 0.6) is 0 Å². The second-order valence-corrected chi connectivity index (χ2v) is 8.72. The second kappa shape index (κ2) is 11.6. The predicted molar refractivity (Wildman–Crippen MR) is 134 cm³/mol. The summed E-state index contributed by atoms with van der Waals surface area (Å²) in [6, 6.07) is 17.1. The van der Waals surface area contributed by atoms with E-state index in [0.29, 0.717) is 30.0 Å². The molecule has 35 heavy (non-hydrogen) atoms. The number of aromatic nitrogens is 1. The number of hydrogen-bond acceptors (Lipinski definition) is 5. The van der Waals surface area contributed by atoms with Gasteiger partial charge in [-0.1, -0.05) is 30.3 Å². The van der Waals surface area contributed by atoms with Crippen molar-refractivity contribution >= 4 is 29.4 Å². The van der Waals surface area contributed by atoms with Gasteiger partial charge in [0.2, 0.25) is 0 Å². The average Bonchev–Trinajstić information content (AvgIpc) is 2.82. The molecule has 1 aromatic heterocycles. The van der Waals surface area contributed by atoms with Crippen LogP contribution in [0.2, 0.25) is 0 Å². The van der Waals surface area contributed by atoms with Crippen molar-refractivity contribution < 1.29 is 19.1 Å². The number of carbonyl (C=O) groups is 3. The highest BCUT2D eigenvalue weighted by Crippen LogP contribution is 2.23. The minimum Gasteiger partial charge on any atom is -0.444 e. The number of anilines is 2. The van der Waals surface area contributed by atoms with Crippen LogP contribution < -0.4 is 21.3 Å². The smallest absolute Gasteiger partial charge is 0.412 e. The van der Waals surface area contributed by atoms with Crippen molar-refractivity contribution in [2.75, 3.05) is 10.6 Å². The summed E-state index contributed by atoms with van der Waals surface area (Å²) in [4.78, 5) is 40.9. The summed E-state index contributed by atoms with van der Waals surface area (Å²) in [5.41, 5.74) is 2.40. The van der Waals surface area contributed by atoms with Gasteiger partial charge in [-0.15, -0.1) is 0 Å². The normalized spacial score (nSPS) is 10.7. The molecule has 1 heterocycles. The lowest BCUT2D eigenvalue weighted by Gasteiger charge is -2.20. The molecule has 9 heteroatoms. The Labute approximate surface area is 204 Å². The number of pyridine rings is 1. The molecular formula is C26H29N5O4. The lowest BCUT2D eigenvalue weighted by molar-refractivity contribution is 0.0635. The molecule has 0 fully saturated rings. The maximum Gasteiger partial charge on any atom is 0.412 e. The number of amides is 4. The van der Waals surface area contributed by atoms with Crippen molar-refractivity contribution in [3.8, 4) is 0 Å². The fourth-order valence-corrected chi connectivity index (χ4v) is 3.01. The molecule has 0 aliphatic heterocycles. The summed E-state index contributed by atoms with van der Waals surface area (Å²) in [5, 5.41) is 11.0. The van der Waals surface area contributed by atoms with E-state index in [1.165, 1.54) is 0 Å². The molecule has 0 unspecified atom stereocenters. The van der Waals surface area contributed by atoms with Crippen molar-refractivity contribution in [1.82, 2.24) is 15.6 Å².